The number of benzene rings is 1. The van der Waals surface area contributed by atoms with Gasteiger partial charge in [-0.05, 0) is 12.1 Å². The smallest absolute Gasteiger partial charge is 0.185 e. The zero-order chi connectivity index (χ0) is 10.8. The molecule has 5 heteroatoms. The number of anilines is 2. The summed E-state index contributed by atoms with van der Waals surface area (Å²) in [4.78, 5) is -0.0000926. The summed E-state index contributed by atoms with van der Waals surface area (Å²) in [5, 5.41) is 0. The Kier molecular flexibility index (Phi) is 2.81. The lowest BCUT2D eigenvalue weighted by molar-refractivity contribution is 0.600. The fraction of sp³-hybridized carbons (Fsp3) is 0.111. The molecule has 0 aliphatic rings. The van der Waals surface area contributed by atoms with Crippen LogP contribution in [0.5, 0.6) is 0 Å². The first-order valence-electron chi connectivity index (χ1n) is 3.96. The van der Waals surface area contributed by atoms with Crippen LogP contribution < -0.4 is 11.5 Å². The first-order valence-corrected chi connectivity index (χ1v) is 5.62. The second kappa shape index (κ2) is 3.71. The van der Waals surface area contributed by atoms with Crippen LogP contribution in [0.4, 0.5) is 11.4 Å². The Labute approximate surface area is 83.1 Å². The van der Waals surface area contributed by atoms with Gasteiger partial charge in [-0.25, -0.2) is 8.42 Å². The van der Waals surface area contributed by atoms with Crippen molar-refractivity contribution < 1.29 is 8.42 Å². The fourth-order valence-corrected chi connectivity index (χ4v) is 2.50. The van der Waals surface area contributed by atoms with Gasteiger partial charge < -0.3 is 11.5 Å². The van der Waals surface area contributed by atoms with Crippen molar-refractivity contribution >= 4 is 21.2 Å². The minimum Gasteiger partial charge on any atom is -0.398 e. The largest absolute Gasteiger partial charge is 0.398 e. The van der Waals surface area contributed by atoms with Gasteiger partial charge in [0.15, 0.2) is 9.84 Å². The molecule has 0 heterocycles. The highest BCUT2D eigenvalue weighted by Gasteiger charge is 2.18. The summed E-state index contributed by atoms with van der Waals surface area (Å²) in [5.74, 6) is -0.161. The molecule has 0 saturated heterocycles. The van der Waals surface area contributed by atoms with Crippen LogP contribution in [0.25, 0.3) is 0 Å². The number of hydrogen-bond donors (Lipinski definition) is 2. The summed E-state index contributed by atoms with van der Waals surface area (Å²) in [5.41, 5.74) is 11.4. The van der Waals surface area contributed by atoms with Crippen molar-refractivity contribution in [3.8, 4) is 0 Å². The zero-order valence-electron chi connectivity index (χ0n) is 7.60. The quantitative estimate of drug-likeness (QED) is 0.573. The molecule has 0 fully saturated rings. The first-order chi connectivity index (χ1) is 6.49. The summed E-state index contributed by atoms with van der Waals surface area (Å²) in [6.07, 6.45) is 1.31. The maximum absolute atomic E-state index is 11.6. The van der Waals surface area contributed by atoms with Crippen LogP contribution in [0.3, 0.4) is 0 Å². The Morgan fingerprint density at radius 3 is 2.21 bits per heavy atom. The van der Waals surface area contributed by atoms with E-state index in [0.29, 0.717) is 0 Å². The monoisotopic (exact) mass is 212 g/mol. The van der Waals surface area contributed by atoms with Gasteiger partial charge in [0.2, 0.25) is 0 Å². The van der Waals surface area contributed by atoms with Gasteiger partial charge in [0, 0.05) is 0 Å². The maximum atomic E-state index is 11.6. The average Bonchev–Trinajstić information content (AvgIpc) is 2.02. The molecule has 0 amide bonds. The normalized spacial score (nSPS) is 11.1. The van der Waals surface area contributed by atoms with E-state index in [0.717, 1.165) is 0 Å². The molecule has 4 N–H and O–H groups in total. The molecule has 76 valence electrons. The molecule has 14 heavy (non-hydrogen) atoms. The molecular weight excluding hydrogens is 200 g/mol. The van der Waals surface area contributed by atoms with E-state index in [2.05, 4.69) is 6.58 Å². The minimum absolute atomic E-state index is 0.0000926. The van der Waals surface area contributed by atoms with Crippen LogP contribution in [0, 0.1) is 0 Å². The Hall–Kier alpha value is -1.49. The maximum Gasteiger partial charge on any atom is 0.185 e. The number of rotatable bonds is 3. The number of sulfone groups is 1. The summed E-state index contributed by atoms with van der Waals surface area (Å²) in [6.45, 7) is 3.37. The van der Waals surface area contributed by atoms with Crippen molar-refractivity contribution in [3.05, 3.63) is 30.9 Å². The summed E-state index contributed by atoms with van der Waals surface area (Å²) < 4.78 is 23.3. The lowest BCUT2D eigenvalue weighted by Crippen LogP contribution is -2.10. The van der Waals surface area contributed by atoms with E-state index in [9.17, 15) is 8.42 Å². The predicted octanol–water partition coefficient (Wildman–Crippen LogP) is 0.811. The Morgan fingerprint density at radius 2 is 1.79 bits per heavy atom. The van der Waals surface area contributed by atoms with Crippen molar-refractivity contribution in [2.24, 2.45) is 0 Å². The third-order valence-electron chi connectivity index (χ3n) is 1.72. The van der Waals surface area contributed by atoms with Gasteiger partial charge in [0.1, 0.15) is 4.90 Å². The van der Waals surface area contributed by atoms with Crippen molar-refractivity contribution in [2.45, 2.75) is 4.90 Å². The minimum atomic E-state index is -3.44. The summed E-state index contributed by atoms with van der Waals surface area (Å²) in [6, 6.07) is 4.62. The van der Waals surface area contributed by atoms with Crippen LogP contribution in [0.2, 0.25) is 0 Å². The van der Waals surface area contributed by atoms with Crippen molar-refractivity contribution in [1.29, 1.82) is 0 Å². The number of nitrogen functional groups attached to an aromatic ring is 2. The van der Waals surface area contributed by atoms with Crippen LogP contribution in [0.1, 0.15) is 0 Å². The average molecular weight is 212 g/mol. The van der Waals surface area contributed by atoms with Gasteiger partial charge in [-0.3, -0.25) is 0 Å². The fourth-order valence-electron chi connectivity index (χ4n) is 1.17. The molecular formula is C9H12N2O2S. The van der Waals surface area contributed by atoms with Gasteiger partial charge in [-0.2, -0.15) is 0 Å². The highest BCUT2D eigenvalue weighted by atomic mass is 32.2. The molecule has 0 bridgehead atoms. The van der Waals surface area contributed by atoms with Crippen LogP contribution in [-0.4, -0.2) is 14.2 Å². The van der Waals surface area contributed by atoms with E-state index in [1.165, 1.54) is 18.2 Å². The highest BCUT2D eigenvalue weighted by Crippen LogP contribution is 2.25. The predicted molar refractivity (Wildman–Crippen MR) is 57.5 cm³/mol. The lowest BCUT2D eigenvalue weighted by atomic mass is 10.3. The van der Waals surface area contributed by atoms with Crippen LogP contribution in [-0.2, 0) is 9.84 Å². The molecule has 0 atom stereocenters. The second-order valence-corrected chi connectivity index (χ2v) is 4.81. The summed E-state index contributed by atoms with van der Waals surface area (Å²) >= 11 is 0. The third-order valence-corrected chi connectivity index (χ3v) is 3.49. The van der Waals surface area contributed by atoms with Crippen LogP contribution >= 0.6 is 0 Å². The molecule has 0 radical (unpaired) electrons. The van der Waals surface area contributed by atoms with Gasteiger partial charge in [0.25, 0.3) is 0 Å². The molecule has 0 aromatic heterocycles. The Balaban J connectivity index is 3.39. The summed E-state index contributed by atoms with van der Waals surface area (Å²) in [7, 11) is -3.44. The van der Waals surface area contributed by atoms with Crippen molar-refractivity contribution in [3.63, 3.8) is 0 Å². The van der Waals surface area contributed by atoms with Gasteiger partial charge in [0.05, 0.1) is 17.1 Å². The topological polar surface area (TPSA) is 86.2 Å². The standard InChI is InChI=1S/C9H12N2O2S/c1-2-6-14(12,13)9-7(10)4-3-5-8(9)11/h2-5H,1,6,10-11H2. The number of hydrogen-bond acceptors (Lipinski definition) is 4. The van der Waals surface area contributed by atoms with Crippen LogP contribution in [0.15, 0.2) is 35.7 Å². The second-order valence-electron chi connectivity index (χ2n) is 2.84. The molecule has 0 aliphatic carbocycles. The van der Waals surface area contributed by atoms with Crippen molar-refractivity contribution in [2.75, 3.05) is 17.2 Å². The molecule has 0 unspecified atom stereocenters. The third kappa shape index (κ3) is 1.88. The van der Waals surface area contributed by atoms with E-state index in [4.69, 9.17) is 11.5 Å². The van der Waals surface area contributed by atoms with E-state index in [-0.39, 0.29) is 22.0 Å². The molecule has 4 nitrogen and oxygen atoms in total. The Bertz CT molecular complexity index is 432. The molecule has 0 saturated carbocycles. The first kappa shape index (κ1) is 10.6. The lowest BCUT2D eigenvalue weighted by Gasteiger charge is -2.07. The Morgan fingerprint density at radius 1 is 1.29 bits per heavy atom. The van der Waals surface area contributed by atoms with Crippen molar-refractivity contribution in [1.82, 2.24) is 0 Å². The van der Waals surface area contributed by atoms with E-state index < -0.39 is 9.84 Å². The van der Waals surface area contributed by atoms with Gasteiger partial charge in [-0.15, -0.1) is 6.58 Å². The van der Waals surface area contributed by atoms with E-state index in [1.54, 1.807) is 6.07 Å². The SMILES string of the molecule is C=CCS(=O)(=O)c1c(N)cccc1N. The molecule has 0 spiro atoms. The number of nitrogens with two attached hydrogens (primary N) is 2. The highest BCUT2D eigenvalue weighted by molar-refractivity contribution is 7.91. The van der Waals surface area contributed by atoms with Gasteiger partial charge >= 0.3 is 0 Å². The van der Waals surface area contributed by atoms with Gasteiger partial charge in [-0.1, -0.05) is 12.1 Å². The molecule has 1 aromatic carbocycles. The molecule has 1 aromatic rings. The zero-order valence-corrected chi connectivity index (χ0v) is 8.42. The van der Waals surface area contributed by atoms with E-state index >= 15 is 0 Å². The molecule has 1 rings (SSSR count). The molecule has 0 aliphatic heterocycles. The van der Waals surface area contributed by atoms with E-state index in [1.807, 2.05) is 0 Å².